The minimum atomic E-state index is -0.106. The van der Waals surface area contributed by atoms with E-state index in [9.17, 15) is 5.11 Å². The molecule has 0 aromatic rings. The van der Waals surface area contributed by atoms with E-state index in [4.69, 9.17) is 4.74 Å². The SMILES string of the molecule is COCC(C)C1CSCC1O. The van der Waals surface area contributed by atoms with Crippen LogP contribution < -0.4 is 0 Å². The molecule has 66 valence electrons. The zero-order valence-corrected chi connectivity index (χ0v) is 7.93. The first-order valence-corrected chi connectivity index (χ1v) is 5.16. The minimum absolute atomic E-state index is 0.106. The standard InChI is InChI=1S/C8H16O2S/c1-6(3-10-2)7-4-11-5-8(7)9/h6-9H,3-5H2,1-2H3. The smallest absolute Gasteiger partial charge is 0.0670 e. The van der Waals surface area contributed by atoms with Gasteiger partial charge in [0.2, 0.25) is 0 Å². The van der Waals surface area contributed by atoms with E-state index < -0.39 is 0 Å². The molecular weight excluding hydrogens is 160 g/mol. The van der Waals surface area contributed by atoms with E-state index in [0.717, 1.165) is 18.1 Å². The summed E-state index contributed by atoms with van der Waals surface area (Å²) in [5, 5.41) is 9.51. The number of thioether (sulfide) groups is 1. The Balaban J connectivity index is 2.33. The van der Waals surface area contributed by atoms with Crippen molar-refractivity contribution >= 4 is 11.8 Å². The molecule has 0 aliphatic carbocycles. The highest BCUT2D eigenvalue weighted by atomic mass is 32.2. The van der Waals surface area contributed by atoms with Gasteiger partial charge in [-0.25, -0.2) is 0 Å². The summed E-state index contributed by atoms with van der Waals surface area (Å²) in [6.07, 6.45) is -0.106. The molecule has 3 heteroatoms. The Kier molecular flexibility index (Phi) is 3.69. The van der Waals surface area contributed by atoms with Crippen LogP contribution in [0.15, 0.2) is 0 Å². The highest BCUT2D eigenvalue weighted by Gasteiger charge is 2.30. The van der Waals surface area contributed by atoms with Gasteiger partial charge in [-0.3, -0.25) is 0 Å². The first-order chi connectivity index (χ1) is 5.25. The maximum atomic E-state index is 9.51. The summed E-state index contributed by atoms with van der Waals surface area (Å²) >= 11 is 1.84. The molecule has 2 nitrogen and oxygen atoms in total. The van der Waals surface area contributed by atoms with Crippen LogP contribution in [0.5, 0.6) is 0 Å². The van der Waals surface area contributed by atoms with Gasteiger partial charge in [-0.05, 0) is 17.6 Å². The van der Waals surface area contributed by atoms with E-state index in [1.807, 2.05) is 11.8 Å². The van der Waals surface area contributed by atoms with Crippen molar-refractivity contribution < 1.29 is 9.84 Å². The van der Waals surface area contributed by atoms with Crippen molar-refractivity contribution in [1.29, 1.82) is 0 Å². The summed E-state index contributed by atoms with van der Waals surface area (Å²) in [6, 6.07) is 0. The van der Waals surface area contributed by atoms with Gasteiger partial charge >= 0.3 is 0 Å². The summed E-state index contributed by atoms with van der Waals surface area (Å²) < 4.78 is 5.04. The molecule has 0 saturated carbocycles. The molecule has 1 saturated heterocycles. The lowest BCUT2D eigenvalue weighted by Crippen LogP contribution is -2.27. The molecule has 1 aliphatic rings. The zero-order valence-electron chi connectivity index (χ0n) is 7.12. The second kappa shape index (κ2) is 4.33. The predicted molar refractivity (Wildman–Crippen MR) is 47.9 cm³/mol. The Morgan fingerprint density at radius 3 is 2.82 bits per heavy atom. The van der Waals surface area contributed by atoms with Crippen molar-refractivity contribution in [1.82, 2.24) is 0 Å². The molecule has 0 aromatic carbocycles. The highest BCUT2D eigenvalue weighted by molar-refractivity contribution is 7.99. The van der Waals surface area contributed by atoms with E-state index in [1.54, 1.807) is 7.11 Å². The monoisotopic (exact) mass is 176 g/mol. The normalized spacial score (nSPS) is 34.1. The van der Waals surface area contributed by atoms with Crippen LogP contribution in [0.1, 0.15) is 6.92 Å². The molecule has 0 spiro atoms. The van der Waals surface area contributed by atoms with E-state index >= 15 is 0 Å². The van der Waals surface area contributed by atoms with E-state index in [1.165, 1.54) is 0 Å². The van der Waals surface area contributed by atoms with Crippen LogP contribution in [0.3, 0.4) is 0 Å². The van der Waals surface area contributed by atoms with Crippen LogP contribution in [-0.2, 0) is 4.74 Å². The molecule has 1 heterocycles. The molecule has 1 fully saturated rings. The van der Waals surface area contributed by atoms with Crippen LogP contribution >= 0.6 is 11.8 Å². The van der Waals surface area contributed by atoms with Gasteiger partial charge in [-0.1, -0.05) is 6.92 Å². The van der Waals surface area contributed by atoms with Crippen molar-refractivity contribution in [2.24, 2.45) is 11.8 Å². The molecule has 1 N–H and O–H groups in total. The van der Waals surface area contributed by atoms with Crippen molar-refractivity contribution in [2.45, 2.75) is 13.0 Å². The Bertz CT molecular complexity index is 119. The third kappa shape index (κ3) is 2.36. The third-order valence-electron chi connectivity index (χ3n) is 2.25. The topological polar surface area (TPSA) is 29.5 Å². The Morgan fingerprint density at radius 1 is 1.64 bits per heavy atom. The molecule has 1 aliphatic heterocycles. The zero-order chi connectivity index (χ0) is 8.27. The van der Waals surface area contributed by atoms with Gasteiger partial charge in [0.15, 0.2) is 0 Å². The number of hydrogen-bond acceptors (Lipinski definition) is 3. The Hall–Kier alpha value is 0.270. The number of aliphatic hydroxyl groups excluding tert-OH is 1. The molecule has 3 unspecified atom stereocenters. The molecule has 11 heavy (non-hydrogen) atoms. The molecule has 0 amide bonds. The van der Waals surface area contributed by atoms with E-state index in [2.05, 4.69) is 6.92 Å². The molecule has 0 aromatic heterocycles. The lowest BCUT2D eigenvalue weighted by Gasteiger charge is -2.20. The number of ether oxygens (including phenoxy) is 1. The number of methoxy groups -OCH3 is 1. The molecule has 0 radical (unpaired) electrons. The average Bonchev–Trinajstić information content (AvgIpc) is 2.36. The van der Waals surface area contributed by atoms with Crippen LogP contribution in [0.25, 0.3) is 0 Å². The molecule has 0 bridgehead atoms. The lowest BCUT2D eigenvalue weighted by molar-refractivity contribution is 0.0722. The Morgan fingerprint density at radius 2 is 2.36 bits per heavy atom. The quantitative estimate of drug-likeness (QED) is 0.695. The van der Waals surface area contributed by atoms with E-state index in [0.29, 0.717) is 11.8 Å². The van der Waals surface area contributed by atoms with Gasteiger partial charge in [-0.15, -0.1) is 0 Å². The number of aliphatic hydroxyl groups is 1. The lowest BCUT2D eigenvalue weighted by atomic mass is 9.92. The van der Waals surface area contributed by atoms with Crippen molar-refractivity contribution in [2.75, 3.05) is 25.2 Å². The number of hydrogen-bond donors (Lipinski definition) is 1. The predicted octanol–water partition coefficient (Wildman–Crippen LogP) is 0.993. The van der Waals surface area contributed by atoms with Crippen LogP contribution in [0, 0.1) is 11.8 Å². The van der Waals surface area contributed by atoms with Crippen molar-refractivity contribution in [3.63, 3.8) is 0 Å². The minimum Gasteiger partial charge on any atom is -0.392 e. The fourth-order valence-electron chi connectivity index (χ4n) is 1.49. The average molecular weight is 176 g/mol. The van der Waals surface area contributed by atoms with Crippen LogP contribution in [0.4, 0.5) is 0 Å². The van der Waals surface area contributed by atoms with Gasteiger partial charge in [0.1, 0.15) is 0 Å². The first-order valence-electron chi connectivity index (χ1n) is 4.00. The van der Waals surface area contributed by atoms with Crippen molar-refractivity contribution in [3.05, 3.63) is 0 Å². The maximum absolute atomic E-state index is 9.51. The molecule has 1 rings (SSSR count). The van der Waals surface area contributed by atoms with Crippen LogP contribution in [-0.4, -0.2) is 36.4 Å². The second-order valence-electron chi connectivity index (χ2n) is 3.20. The number of rotatable bonds is 3. The summed E-state index contributed by atoms with van der Waals surface area (Å²) in [5.41, 5.74) is 0. The van der Waals surface area contributed by atoms with Gasteiger partial charge in [-0.2, -0.15) is 11.8 Å². The van der Waals surface area contributed by atoms with Gasteiger partial charge in [0, 0.05) is 19.5 Å². The largest absolute Gasteiger partial charge is 0.392 e. The van der Waals surface area contributed by atoms with Crippen LogP contribution in [0.2, 0.25) is 0 Å². The fraction of sp³-hybridized carbons (Fsp3) is 1.00. The van der Waals surface area contributed by atoms with E-state index in [-0.39, 0.29) is 6.10 Å². The summed E-state index contributed by atoms with van der Waals surface area (Å²) in [7, 11) is 1.71. The molecular formula is C8H16O2S. The summed E-state index contributed by atoms with van der Waals surface area (Å²) in [4.78, 5) is 0. The fourth-order valence-corrected chi connectivity index (χ4v) is 2.94. The first kappa shape index (κ1) is 9.36. The Labute approximate surface area is 72.3 Å². The third-order valence-corrected chi connectivity index (χ3v) is 3.45. The second-order valence-corrected chi connectivity index (χ2v) is 4.28. The molecule has 3 atom stereocenters. The maximum Gasteiger partial charge on any atom is 0.0670 e. The highest BCUT2D eigenvalue weighted by Crippen LogP contribution is 2.29. The summed E-state index contributed by atoms with van der Waals surface area (Å²) in [6.45, 7) is 2.91. The summed E-state index contributed by atoms with van der Waals surface area (Å²) in [5.74, 6) is 2.93. The van der Waals surface area contributed by atoms with Gasteiger partial charge in [0.05, 0.1) is 6.10 Å². The van der Waals surface area contributed by atoms with Gasteiger partial charge in [0.25, 0.3) is 0 Å². The van der Waals surface area contributed by atoms with Gasteiger partial charge < -0.3 is 9.84 Å². The van der Waals surface area contributed by atoms with Crippen molar-refractivity contribution in [3.8, 4) is 0 Å².